The molecule has 1 saturated heterocycles. The third-order valence-corrected chi connectivity index (χ3v) is 7.67. The number of benzene rings is 2. The summed E-state index contributed by atoms with van der Waals surface area (Å²) in [4.78, 5) is 22.1. The molecule has 0 bridgehead atoms. The molecular weight excluding hydrogens is 415 g/mol. The first-order valence-corrected chi connectivity index (χ1v) is 12.2. The number of para-hydroxylation sites is 1. The lowest BCUT2D eigenvalue weighted by atomic mass is 10.00. The van der Waals surface area contributed by atoms with Crippen LogP contribution in [0.25, 0.3) is 11.0 Å². The van der Waals surface area contributed by atoms with Gasteiger partial charge in [-0.25, -0.2) is 9.37 Å². The first-order chi connectivity index (χ1) is 16.0. The number of hydrogen-bond acceptors (Lipinski definition) is 3. The van der Waals surface area contributed by atoms with Crippen LogP contribution in [0.1, 0.15) is 60.3 Å². The zero-order chi connectivity index (χ0) is 22.9. The molecule has 6 heteroatoms. The molecule has 0 unspecified atom stereocenters. The van der Waals surface area contributed by atoms with E-state index in [1.165, 1.54) is 31.7 Å². The number of imidazole rings is 1. The van der Waals surface area contributed by atoms with Crippen molar-refractivity contribution in [2.45, 2.75) is 64.1 Å². The summed E-state index contributed by atoms with van der Waals surface area (Å²) in [5.74, 6) is 0.568. The standard InChI is InChI=1S/C27H33FN4O/c1-19-29-26-24(28)8-5-9-25(26)32(19)18-20-10-12-21(13-11-20)27(33)30(2)22-14-16-31(17-15-22)23-6-3-4-7-23/h5,8-13,22-23H,3-4,6-7,14-18H2,1-2H3. The van der Waals surface area contributed by atoms with Crippen LogP contribution >= 0.6 is 0 Å². The Morgan fingerprint density at radius 2 is 1.76 bits per heavy atom. The molecular formula is C27H33FN4O. The number of likely N-dealkylation sites (tertiary alicyclic amines) is 1. The van der Waals surface area contributed by atoms with E-state index >= 15 is 0 Å². The van der Waals surface area contributed by atoms with E-state index in [1.807, 2.05) is 53.8 Å². The highest BCUT2D eigenvalue weighted by Crippen LogP contribution is 2.27. The first-order valence-electron chi connectivity index (χ1n) is 12.2. The van der Waals surface area contributed by atoms with Crippen LogP contribution in [0.3, 0.4) is 0 Å². The van der Waals surface area contributed by atoms with E-state index in [1.54, 1.807) is 6.07 Å². The van der Waals surface area contributed by atoms with Gasteiger partial charge in [-0.3, -0.25) is 4.79 Å². The van der Waals surface area contributed by atoms with Crippen LogP contribution in [0.2, 0.25) is 0 Å². The summed E-state index contributed by atoms with van der Waals surface area (Å²) in [7, 11) is 1.95. The van der Waals surface area contributed by atoms with E-state index in [9.17, 15) is 9.18 Å². The normalized spacial score (nSPS) is 18.3. The molecule has 1 aromatic heterocycles. The van der Waals surface area contributed by atoms with Gasteiger partial charge in [0.1, 0.15) is 11.3 Å². The fourth-order valence-corrected chi connectivity index (χ4v) is 5.64. The molecule has 174 valence electrons. The average molecular weight is 449 g/mol. The Labute approximate surface area is 195 Å². The quantitative estimate of drug-likeness (QED) is 0.551. The number of fused-ring (bicyclic) bond motifs is 1. The molecule has 1 aliphatic heterocycles. The van der Waals surface area contributed by atoms with E-state index in [4.69, 9.17) is 0 Å². The molecule has 1 saturated carbocycles. The Morgan fingerprint density at radius 1 is 1.06 bits per heavy atom. The Bertz CT molecular complexity index is 1120. The first kappa shape index (κ1) is 22.1. The van der Waals surface area contributed by atoms with Crippen LogP contribution in [0.4, 0.5) is 4.39 Å². The molecule has 0 radical (unpaired) electrons. The van der Waals surface area contributed by atoms with Crippen molar-refractivity contribution in [3.05, 3.63) is 65.2 Å². The molecule has 2 aromatic carbocycles. The Kier molecular flexibility index (Phi) is 6.19. The second kappa shape index (κ2) is 9.26. The second-order valence-corrected chi connectivity index (χ2v) is 9.67. The van der Waals surface area contributed by atoms with Crippen molar-refractivity contribution in [1.82, 2.24) is 19.4 Å². The van der Waals surface area contributed by atoms with Crippen LogP contribution in [0.15, 0.2) is 42.5 Å². The molecule has 2 heterocycles. The summed E-state index contributed by atoms with van der Waals surface area (Å²) >= 11 is 0. The third-order valence-electron chi connectivity index (χ3n) is 7.67. The number of aryl methyl sites for hydroxylation is 1. The molecule has 1 aliphatic carbocycles. The van der Waals surface area contributed by atoms with Crippen LogP contribution in [-0.4, -0.2) is 57.5 Å². The lowest BCUT2D eigenvalue weighted by Gasteiger charge is -2.39. The van der Waals surface area contributed by atoms with E-state index in [0.717, 1.165) is 54.4 Å². The van der Waals surface area contributed by atoms with E-state index in [0.29, 0.717) is 18.1 Å². The van der Waals surface area contributed by atoms with Gasteiger partial charge < -0.3 is 14.4 Å². The lowest BCUT2D eigenvalue weighted by Crippen LogP contribution is -2.48. The minimum atomic E-state index is -0.299. The zero-order valence-electron chi connectivity index (χ0n) is 19.6. The van der Waals surface area contributed by atoms with Gasteiger partial charge in [-0.2, -0.15) is 0 Å². The zero-order valence-corrected chi connectivity index (χ0v) is 19.6. The van der Waals surface area contributed by atoms with Gasteiger partial charge in [0.05, 0.1) is 5.52 Å². The van der Waals surface area contributed by atoms with Gasteiger partial charge in [-0.15, -0.1) is 0 Å². The molecule has 2 aliphatic rings. The average Bonchev–Trinajstić information content (AvgIpc) is 3.48. The minimum absolute atomic E-state index is 0.0900. The van der Waals surface area contributed by atoms with Gasteiger partial charge in [0.25, 0.3) is 5.91 Å². The van der Waals surface area contributed by atoms with Crippen LogP contribution in [0.5, 0.6) is 0 Å². The van der Waals surface area contributed by atoms with Gasteiger partial charge in [-0.05, 0) is 62.4 Å². The Balaban J connectivity index is 1.23. The molecule has 5 nitrogen and oxygen atoms in total. The highest BCUT2D eigenvalue weighted by atomic mass is 19.1. The van der Waals surface area contributed by atoms with Gasteiger partial charge in [0.15, 0.2) is 5.82 Å². The number of carbonyl (C=O) groups excluding carboxylic acids is 1. The molecule has 5 rings (SSSR count). The molecule has 3 aromatic rings. The summed E-state index contributed by atoms with van der Waals surface area (Å²) in [5, 5.41) is 0. The molecule has 0 atom stereocenters. The van der Waals surface area contributed by atoms with Gasteiger partial charge >= 0.3 is 0 Å². The van der Waals surface area contributed by atoms with Crippen molar-refractivity contribution < 1.29 is 9.18 Å². The van der Waals surface area contributed by atoms with Crippen LogP contribution in [-0.2, 0) is 6.54 Å². The maximum Gasteiger partial charge on any atom is 0.253 e. The highest BCUT2D eigenvalue weighted by molar-refractivity contribution is 5.94. The maximum absolute atomic E-state index is 14.1. The van der Waals surface area contributed by atoms with Crippen LogP contribution < -0.4 is 0 Å². The van der Waals surface area contributed by atoms with E-state index in [-0.39, 0.29) is 11.7 Å². The summed E-state index contributed by atoms with van der Waals surface area (Å²) in [6.07, 6.45) is 7.53. The molecule has 0 spiro atoms. The number of carbonyl (C=O) groups is 1. The predicted octanol–water partition coefficient (Wildman–Crippen LogP) is 5.01. The third kappa shape index (κ3) is 4.41. The number of hydrogen-bond donors (Lipinski definition) is 0. The fraction of sp³-hybridized carbons (Fsp3) is 0.481. The number of piperidine rings is 1. The van der Waals surface area contributed by atoms with Crippen molar-refractivity contribution in [1.29, 1.82) is 0 Å². The molecule has 1 amide bonds. The van der Waals surface area contributed by atoms with Gasteiger partial charge in [-0.1, -0.05) is 31.0 Å². The van der Waals surface area contributed by atoms with Crippen molar-refractivity contribution in [3.63, 3.8) is 0 Å². The lowest BCUT2D eigenvalue weighted by molar-refractivity contribution is 0.0598. The Morgan fingerprint density at radius 3 is 2.45 bits per heavy atom. The van der Waals surface area contributed by atoms with E-state index < -0.39 is 0 Å². The summed E-state index contributed by atoms with van der Waals surface area (Å²) in [6.45, 7) is 4.69. The highest BCUT2D eigenvalue weighted by Gasteiger charge is 2.30. The SMILES string of the molecule is Cc1nc2c(F)cccc2n1Cc1ccc(C(=O)N(C)C2CCN(C3CCCC3)CC2)cc1. The summed E-state index contributed by atoms with van der Waals surface area (Å²) in [6, 6.07) is 13.9. The second-order valence-electron chi connectivity index (χ2n) is 9.67. The minimum Gasteiger partial charge on any atom is -0.339 e. The number of aromatic nitrogens is 2. The number of nitrogens with zero attached hydrogens (tertiary/aromatic N) is 4. The van der Waals surface area contributed by atoms with Crippen molar-refractivity contribution in [2.75, 3.05) is 20.1 Å². The van der Waals surface area contributed by atoms with Gasteiger partial charge in [0.2, 0.25) is 0 Å². The van der Waals surface area contributed by atoms with E-state index in [2.05, 4.69) is 9.88 Å². The van der Waals surface area contributed by atoms with Crippen molar-refractivity contribution in [3.8, 4) is 0 Å². The fourth-order valence-electron chi connectivity index (χ4n) is 5.64. The smallest absolute Gasteiger partial charge is 0.253 e. The number of rotatable bonds is 5. The van der Waals surface area contributed by atoms with Gasteiger partial charge in [0, 0.05) is 44.3 Å². The number of amides is 1. The summed E-state index contributed by atoms with van der Waals surface area (Å²) in [5.41, 5.74) is 2.97. The Hall–Kier alpha value is -2.73. The predicted molar refractivity (Wildman–Crippen MR) is 129 cm³/mol. The van der Waals surface area contributed by atoms with Crippen LogP contribution in [0, 0.1) is 12.7 Å². The van der Waals surface area contributed by atoms with Crippen molar-refractivity contribution in [2.24, 2.45) is 0 Å². The monoisotopic (exact) mass is 448 g/mol. The molecule has 0 N–H and O–H groups in total. The molecule has 2 fully saturated rings. The number of halogens is 1. The molecule has 33 heavy (non-hydrogen) atoms. The van der Waals surface area contributed by atoms with Crippen molar-refractivity contribution >= 4 is 16.9 Å². The summed E-state index contributed by atoms with van der Waals surface area (Å²) < 4.78 is 16.1. The maximum atomic E-state index is 14.1. The topological polar surface area (TPSA) is 41.4 Å². The largest absolute Gasteiger partial charge is 0.339 e.